The van der Waals surface area contributed by atoms with Gasteiger partial charge in [0.2, 0.25) is 0 Å². The van der Waals surface area contributed by atoms with Crippen molar-refractivity contribution in [3.8, 4) is 17.0 Å². The number of anilines is 1. The minimum atomic E-state index is -1.43. The van der Waals surface area contributed by atoms with Crippen LogP contribution in [0.25, 0.3) is 22.2 Å². The van der Waals surface area contributed by atoms with E-state index in [9.17, 15) is 19.8 Å². The minimum Gasteiger partial charge on any atom is -0.506 e. The molecule has 0 bridgehead atoms. The lowest BCUT2D eigenvalue weighted by Gasteiger charge is -2.20. The fourth-order valence-corrected chi connectivity index (χ4v) is 4.06. The molecular weight excluding hydrogens is 420 g/mol. The first-order valence-corrected chi connectivity index (χ1v) is 10.1. The van der Waals surface area contributed by atoms with Gasteiger partial charge in [-0.15, -0.1) is 12.4 Å². The summed E-state index contributed by atoms with van der Waals surface area (Å²) >= 11 is 0. The Labute approximate surface area is 185 Å². The van der Waals surface area contributed by atoms with Crippen LogP contribution in [0.1, 0.15) is 41.9 Å². The molecule has 5 N–H and O–H groups in total. The summed E-state index contributed by atoms with van der Waals surface area (Å²) in [5.74, 6) is -1.87. The van der Waals surface area contributed by atoms with Gasteiger partial charge < -0.3 is 30.4 Å². The summed E-state index contributed by atoms with van der Waals surface area (Å²) in [5, 5.41) is 27.8. The van der Waals surface area contributed by atoms with Crippen LogP contribution in [0.2, 0.25) is 0 Å². The number of nitrogens with one attached hydrogen (secondary N) is 3. The van der Waals surface area contributed by atoms with Crippen molar-refractivity contribution in [2.45, 2.75) is 39.3 Å². The molecule has 0 amide bonds. The largest absolute Gasteiger partial charge is 0.506 e. The lowest BCUT2D eigenvalue weighted by atomic mass is 9.95. The number of H-pyrrole nitrogens is 1. The first kappa shape index (κ1) is 22.7. The molecule has 0 fully saturated rings. The zero-order chi connectivity index (χ0) is 21.6. The summed E-state index contributed by atoms with van der Waals surface area (Å²) in [4.78, 5) is 26.6. The van der Waals surface area contributed by atoms with Crippen molar-refractivity contribution in [2.24, 2.45) is 7.05 Å². The SMILES string of the molecule is CC(C)NCc1cc2cc3c(cc2n1C)NCCCc1c-3[nH]c(=O)c(C(=O)O)c1O.Cl. The number of pyridine rings is 1. The molecule has 4 rings (SSSR count). The molecule has 0 radical (unpaired) electrons. The maximum Gasteiger partial charge on any atom is 0.345 e. The number of aryl methyl sites for hydroxylation is 1. The van der Waals surface area contributed by atoms with Crippen LogP contribution in [0, 0.1) is 0 Å². The summed E-state index contributed by atoms with van der Waals surface area (Å²) in [5.41, 5.74) is 3.30. The first-order valence-electron chi connectivity index (χ1n) is 10.1. The molecule has 9 heteroatoms. The van der Waals surface area contributed by atoms with E-state index >= 15 is 0 Å². The second kappa shape index (κ2) is 8.64. The van der Waals surface area contributed by atoms with E-state index in [-0.39, 0.29) is 12.4 Å². The number of fused-ring (bicyclic) bond motifs is 4. The number of carboxylic acid groups (broad SMARTS) is 1. The summed E-state index contributed by atoms with van der Waals surface area (Å²) in [6.07, 6.45) is 1.15. The summed E-state index contributed by atoms with van der Waals surface area (Å²) < 4.78 is 2.14. The van der Waals surface area contributed by atoms with Gasteiger partial charge in [-0.2, -0.15) is 0 Å². The van der Waals surface area contributed by atoms with E-state index in [1.54, 1.807) is 0 Å². The van der Waals surface area contributed by atoms with Crippen molar-refractivity contribution in [3.63, 3.8) is 0 Å². The van der Waals surface area contributed by atoms with Crippen molar-refractivity contribution < 1.29 is 15.0 Å². The number of aromatic amines is 1. The second-order valence-electron chi connectivity index (χ2n) is 8.05. The van der Waals surface area contributed by atoms with Crippen molar-refractivity contribution in [1.82, 2.24) is 14.9 Å². The molecule has 0 saturated heterocycles. The summed E-state index contributed by atoms with van der Waals surface area (Å²) in [6, 6.07) is 6.50. The Morgan fingerprint density at radius 2 is 2.03 bits per heavy atom. The Balaban J connectivity index is 0.00000272. The molecule has 166 valence electrons. The molecule has 1 aromatic carbocycles. The number of benzene rings is 1. The van der Waals surface area contributed by atoms with Crippen LogP contribution in [0.5, 0.6) is 5.75 Å². The van der Waals surface area contributed by atoms with Crippen LogP contribution >= 0.6 is 12.4 Å². The van der Waals surface area contributed by atoms with Crippen molar-refractivity contribution in [3.05, 3.63) is 45.4 Å². The van der Waals surface area contributed by atoms with Gasteiger partial charge in [0.25, 0.3) is 5.56 Å². The third-order valence-electron chi connectivity index (χ3n) is 5.66. The van der Waals surface area contributed by atoms with Gasteiger partial charge >= 0.3 is 5.97 Å². The highest BCUT2D eigenvalue weighted by Crippen LogP contribution is 2.38. The number of aromatic hydroxyl groups is 1. The van der Waals surface area contributed by atoms with E-state index in [4.69, 9.17) is 0 Å². The molecule has 31 heavy (non-hydrogen) atoms. The third-order valence-corrected chi connectivity index (χ3v) is 5.66. The number of aromatic nitrogens is 2. The van der Waals surface area contributed by atoms with E-state index in [0.29, 0.717) is 36.7 Å². The number of carboxylic acids is 1. The van der Waals surface area contributed by atoms with Gasteiger partial charge in [0.05, 0.1) is 11.2 Å². The van der Waals surface area contributed by atoms with E-state index < -0.39 is 22.8 Å². The van der Waals surface area contributed by atoms with Gasteiger partial charge in [-0.1, -0.05) is 13.8 Å². The Kier molecular flexibility index (Phi) is 6.33. The quantitative estimate of drug-likeness (QED) is 0.420. The Morgan fingerprint density at radius 3 is 2.71 bits per heavy atom. The van der Waals surface area contributed by atoms with Gasteiger partial charge in [-0.25, -0.2) is 4.79 Å². The number of rotatable bonds is 4. The molecule has 0 atom stereocenters. The zero-order valence-corrected chi connectivity index (χ0v) is 18.5. The number of aromatic carboxylic acids is 1. The zero-order valence-electron chi connectivity index (χ0n) is 17.7. The molecule has 0 saturated carbocycles. The van der Waals surface area contributed by atoms with E-state index in [2.05, 4.69) is 40.1 Å². The Bertz CT molecular complexity index is 1210. The first-order chi connectivity index (χ1) is 14.3. The van der Waals surface area contributed by atoms with Crippen LogP contribution in [0.15, 0.2) is 23.0 Å². The summed E-state index contributed by atoms with van der Waals surface area (Å²) in [7, 11) is 2.02. The van der Waals surface area contributed by atoms with Crippen molar-refractivity contribution >= 4 is 35.0 Å². The molecule has 0 unspecified atom stereocenters. The maximum absolute atomic E-state index is 12.4. The number of carbonyl (C=O) groups is 1. The van der Waals surface area contributed by atoms with E-state index in [1.165, 1.54) is 0 Å². The predicted molar refractivity (Wildman–Crippen MR) is 124 cm³/mol. The topological polar surface area (TPSA) is 119 Å². The predicted octanol–water partition coefficient (Wildman–Crippen LogP) is 3.22. The van der Waals surface area contributed by atoms with Crippen molar-refractivity contribution in [1.29, 1.82) is 0 Å². The van der Waals surface area contributed by atoms with Crippen LogP contribution in [-0.2, 0) is 20.0 Å². The maximum atomic E-state index is 12.4. The molecule has 1 aliphatic heterocycles. The lowest BCUT2D eigenvalue weighted by molar-refractivity contribution is 0.0691. The fraction of sp³-hybridized carbons (Fsp3) is 0.364. The summed E-state index contributed by atoms with van der Waals surface area (Å²) in [6.45, 7) is 5.61. The minimum absolute atomic E-state index is 0. The van der Waals surface area contributed by atoms with Gasteiger partial charge in [0.1, 0.15) is 5.75 Å². The smallest absolute Gasteiger partial charge is 0.345 e. The Morgan fingerprint density at radius 1 is 1.29 bits per heavy atom. The lowest BCUT2D eigenvalue weighted by Crippen LogP contribution is -2.23. The van der Waals surface area contributed by atoms with Crippen LogP contribution in [0.3, 0.4) is 0 Å². The number of hydrogen-bond donors (Lipinski definition) is 5. The number of nitrogens with zero attached hydrogens (tertiary/aromatic N) is 1. The molecule has 8 nitrogen and oxygen atoms in total. The Hall–Kier alpha value is -2.97. The van der Waals surface area contributed by atoms with E-state index in [1.807, 2.05) is 19.2 Å². The average molecular weight is 447 g/mol. The van der Waals surface area contributed by atoms with E-state index in [0.717, 1.165) is 34.4 Å². The molecule has 2 aromatic heterocycles. The van der Waals surface area contributed by atoms with Gasteiger partial charge in [-0.05, 0) is 31.0 Å². The molecule has 0 aliphatic carbocycles. The van der Waals surface area contributed by atoms with Crippen LogP contribution in [-0.4, -0.2) is 38.3 Å². The molecule has 3 heterocycles. The average Bonchev–Trinajstić information content (AvgIpc) is 2.97. The molecule has 3 aromatic rings. The van der Waals surface area contributed by atoms with Crippen molar-refractivity contribution in [2.75, 3.05) is 11.9 Å². The molecule has 0 spiro atoms. The highest BCUT2D eigenvalue weighted by molar-refractivity contribution is 5.96. The van der Waals surface area contributed by atoms with Gasteiger partial charge in [0, 0.05) is 54.1 Å². The normalized spacial score (nSPS) is 13.0. The van der Waals surface area contributed by atoms with Crippen LogP contribution in [0.4, 0.5) is 5.69 Å². The second-order valence-corrected chi connectivity index (χ2v) is 8.05. The highest BCUT2D eigenvalue weighted by Gasteiger charge is 2.25. The molecule has 1 aliphatic rings. The fourth-order valence-electron chi connectivity index (χ4n) is 4.06. The number of halogens is 1. The monoisotopic (exact) mass is 446 g/mol. The van der Waals surface area contributed by atoms with Gasteiger partial charge in [0.15, 0.2) is 5.56 Å². The highest BCUT2D eigenvalue weighted by atomic mass is 35.5. The number of hydrogen-bond acceptors (Lipinski definition) is 5. The molecular formula is C22H27ClN4O4. The van der Waals surface area contributed by atoms with Gasteiger partial charge in [-0.3, -0.25) is 4.79 Å². The third kappa shape index (κ3) is 4.00. The standard InChI is InChI=1S/C22H26N4O4.ClH/c1-11(2)24-10-13-7-12-8-15-16(9-17(12)26(13)3)23-6-4-5-14-19(15)25-21(28)18(20(14)27)22(29)30;/h7-9,11,23-24H,4-6,10H2,1-3H3,(H,29,30)(H2,25,27,28);1H. The van der Waals surface area contributed by atoms with Crippen LogP contribution < -0.4 is 16.2 Å².